The molecule has 0 aliphatic rings. The fourth-order valence-corrected chi connectivity index (χ4v) is 3.21. The smallest absolute Gasteiger partial charge is 0.262 e. The summed E-state index contributed by atoms with van der Waals surface area (Å²) in [5.74, 6) is 0.107. The molecule has 0 fully saturated rings. The van der Waals surface area contributed by atoms with Gasteiger partial charge in [0.25, 0.3) is 11.5 Å². The minimum atomic E-state index is -0.177. The van der Waals surface area contributed by atoms with Crippen molar-refractivity contribution >= 4 is 33.4 Å². The Bertz CT molecular complexity index is 1240. The minimum absolute atomic E-state index is 0.0824. The van der Waals surface area contributed by atoms with Gasteiger partial charge in [-0.2, -0.15) is 0 Å². The highest BCUT2D eigenvalue weighted by Gasteiger charge is 2.13. The van der Waals surface area contributed by atoms with Gasteiger partial charge >= 0.3 is 0 Å². The van der Waals surface area contributed by atoms with Crippen molar-refractivity contribution < 1.29 is 9.84 Å². The fraction of sp³-hybridized carbons (Fsp3) is 0.238. The first kappa shape index (κ1) is 18.8. The van der Waals surface area contributed by atoms with Gasteiger partial charge in [0.15, 0.2) is 5.69 Å². The molecule has 4 aromatic rings. The van der Waals surface area contributed by atoms with Gasteiger partial charge in [-0.1, -0.05) is 30.3 Å². The van der Waals surface area contributed by atoms with Gasteiger partial charge in [-0.3, -0.25) is 9.36 Å². The summed E-state index contributed by atoms with van der Waals surface area (Å²) in [6, 6.07) is 14.5. The van der Waals surface area contributed by atoms with Crippen molar-refractivity contribution in [2.24, 2.45) is 10.2 Å². The van der Waals surface area contributed by atoms with Crippen LogP contribution in [0.3, 0.4) is 0 Å². The lowest BCUT2D eigenvalue weighted by molar-refractivity contribution is 0.141. The number of ether oxygens (including phenoxy) is 1. The molecular formula is C21H21N5O3. The number of hydrogen-bond donors (Lipinski definition) is 2. The molecule has 29 heavy (non-hydrogen) atoms. The molecular weight excluding hydrogens is 370 g/mol. The molecule has 8 nitrogen and oxygen atoms in total. The predicted molar refractivity (Wildman–Crippen MR) is 111 cm³/mol. The molecule has 148 valence electrons. The summed E-state index contributed by atoms with van der Waals surface area (Å²) in [7, 11) is 0. The zero-order valence-electron chi connectivity index (χ0n) is 16.0. The third-order valence-corrected chi connectivity index (χ3v) is 4.62. The van der Waals surface area contributed by atoms with Crippen LogP contribution in [-0.4, -0.2) is 32.9 Å². The predicted octanol–water partition coefficient (Wildman–Crippen LogP) is 4.43. The maximum absolute atomic E-state index is 13.0. The van der Waals surface area contributed by atoms with Crippen LogP contribution in [0.5, 0.6) is 5.88 Å². The van der Waals surface area contributed by atoms with Gasteiger partial charge in [0.2, 0.25) is 5.88 Å². The van der Waals surface area contributed by atoms with Crippen molar-refractivity contribution in [1.82, 2.24) is 14.5 Å². The van der Waals surface area contributed by atoms with Gasteiger partial charge < -0.3 is 14.8 Å². The molecule has 0 bridgehead atoms. The molecule has 0 amide bonds. The summed E-state index contributed by atoms with van der Waals surface area (Å²) in [6.07, 6.45) is 0.647. The standard InChI is InChI=1S/C21H21N5O3/c1-2-29-13-7-12-26-20(28)15-9-4-6-11-17(15)23-21(26)25-24-18-14-8-3-5-10-16(14)22-19(18)27/h3-6,8-11,22,27H,2,7,12-13H2,1H3. The van der Waals surface area contributed by atoms with Crippen molar-refractivity contribution in [2.45, 2.75) is 19.9 Å². The van der Waals surface area contributed by atoms with E-state index < -0.39 is 0 Å². The van der Waals surface area contributed by atoms with Gasteiger partial charge in [0, 0.05) is 25.1 Å². The van der Waals surface area contributed by atoms with Gasteiger partial charge in [-0.05, 0) is 31.5 Å². The molecule has 0 unspecified atom stereocenters. The number of hydrogen-bond acceptors (Lipinski definition) is 6. The fourth-order valence-electron chi connectivity index (χ4n) is 3.21. The summed E-state index contributed by atoms with van der Waals surface area (Å²) in [5, 5.41) is 19.9. The van der Waals surface area contributed by atoms with Crippen LogP contribution < -0.4 is 5.56 Å². The van der Waals surface area contributed by atoms with E-state index in [1.807, 2.05) is 37.3 Å². The molecule has 0 radical (unpaired) electrons. The highest BCUT2D eigenvalue weighted by Crippen LogP contribution is 2.35. The van der Waals surface area contributed by atoms with Crippen LogP contribution in [0.25, 0.3) is 21.8 Å². The second-order valence-electron chi connectivity index (χ2n) is 6.50. The Morgan fingerprint density at radius 2 is 1.86 bits per heavy atom. The number of rotatable bonds is 7. The van der Waals surface area contributed by atoms with Gasteiger partial charge in [-0.25, -0.2) is 4.98 Å². The van der Waals surface area contributed by atoms with Crippen LogP contribution in [-0.2, 0) is 11.3 Å². The molecule has 8 heteroatoms. The molecule has 2 aromatic heterocycles. The molecule has 0 spiro atoms. The zero-order chi connectivity index (χ0) is 20.2. The third kappa shape index (κ3) is 3.74. The van der Waals surface area contributed by atoms with Crippen LogP contribution in [0.4, 0.5) is 11.6 Å². The van der Waals surface area contributed by atoms with Crippen molar-refractivity contribution in [2.75, 3.05) is 13.2 Å². The first-order chi connectivity index (χ1) is 14.2. The molecule has 0 saturated heterocycles. The normalized spacial score (nSPS) is 11.8. The zero-order valence-corrected chi connectivity index (χ0v) is 16.0. The number of azo groups is 1. The van der Waals surface area contributed by atoms with Gasteiger partial charge in [0.1, 0.15) is 0 Å². The molecule has 0 aliphatic heterocycles. The van der Waals surface area contributed by atoms with E-state index in [2.05, 4.69) is 20.2 Å². The van der Waals surface area contributed by atoms with Crippen LogP contribution in [0, 0.1) is 0 Å². The van der Waals surface area contributed by atoms with Crippen LogP contribution in [0.2, 0.25) is 0 Å². The molecule has 4 rings (SSSR count). The largest absolute Gasteiger partial charge is 0.493 e. The Hall–Kier alpha value is -3.52. The summed E-state index contributed by atoms with van der Waals surface area (Å²) < 4.78 is 6.88. The molecule has 0 atom stereocenters. The monoisotopic (exact) mass is 391 g/mol. The van der Waals surface area contributed by atoms with Gasteiger partial charge in [0.05, 0.1) is 16.4 Å². The quantitative estimate of drug-likeness (QED) is 0.359. The van der Waals surface area contributed by atoms with E-state index in [-0.39, 0.29) is 17.4 Å². The summed E-state index contributed by atoms with van der Waals surface area (Å²) >= 11 is 0. The highest BCUT2D eigenvalue weighted by atomic mass is 16.5. The Morgan fingerprint density at radius 1 is 1.10 bits per heavy atom. The Kier molecular flexibility index (Phi) is 5.35. The van der Waals surface area contributed by atoms with E-state index in [4.69, 9.17) is 4.74 Å². The number of fused-ring (bicyclic) bond motifs is 2. The average Bonchev–Trinajstić information content (AvgIpc) is 3.06. The molecule has 0 aliphatic carbocycles. The Labute approximate surface area is 166 Å². The van der Waals surface area contributed by atoms with Crippen LogP contribution in [0.1, 0.15) is 13.3 Å². The lowest BCUT2D eigenvalue weighted by Gasteiger charge is -2.10. The van der Waals surface area contributed by atoms with Crippen molar-refractivity contribution in [1.29, 1.82) is 0 Å². The van der Waals surface area contributed by atoms with E-state index >= 15 is 0 Å². The van der Waals surface area contributed by atoms with Crippen molar-refractivity contribution in [3.05, 3.63) is 58.9 Å². The van der Waals surface area contributed by atoms with E-state index in [1.165, 1.54) is 4.57 Å². The van der Waals surface area contributed by atoms with E-state index in [1.54, 1.807) is 18.2 Å². The first-order valence-corrected chi connectivity index (χ1v) is 9.47. The molecule has 2 heterocycles. The second kappa shape index (κ2) is 8.24. The van der Waals surface area contributed by atoms with Crippen LogP contribution >= 0.6 is 0 Å². The topological polar surface area (TPSA) is 105 Å². The Balaban J connectivity index is 1.77. The first-order valence-electron chi connectivity index (χ1n) is 9.47. The number of aromatic amines is 1. The van der Waals surface area contributed by atoms with Crippen LogP contribution in [0.15, 0.2) is 63.6 Å². The molecule has 0 saturated carbocycles. The number of nitrogens with one attached hydrogen (secondary N) is 1. The van der Waals surface area contributed by atoms with E-state index in [0.29, 0.717) is 42.8 Å². The number of H-pyrrole nitrogens is 1. The highest BCUT2D eigenvalue weighted by molar-refractivity contribution is 5.94. The molecule has 2 N–H and O–H groups in total. The number of aromatic nitrogens is 3. The lowest BCUT2D eigenvalue weighted by Crippen LogP contribution is -2.22. The van der Waals surface area contributed by atoms with Crippen molar-refractivity contribution in [3.63, 3.8) is 0 Å². The SMILES string of the molecule is CCOCCCn1c(N=Nc2c(O)[nH]c3ccccc23)nc2ccccc2c1=O. The number of nitrogens with zero attached hydrogens (tertiary/aromatic N) is 4. The Morgan fingerprint density at radius 3 is 2.69 bits per heavy atom. The number of para-hydroxylation sites is 2. The number of benzene rings is 2. The average molecular weight is 391 g/mol. The minimum Gasteiger partial charge on any atom is -0.493 e. The lowest BCUT2D eigenvalue weighted by atomic mass is 10.2. The maximum Gasteiger partial charge on any atom is 0.262 e. The third-order valence-electron chi connectivity index (χ3n) is 4.62. The van der Waals surface area contributed by atoms with E-state index in [9.17, 15) is 9.90 Å². The number of aromatic hydroxyl groups is 1. The summed E-state index contributed by atoms with van der Waals surface area (Å²) in [6.45, 7) is 3.49. The summed E-state index contributed by atoms with van der Waals surface area (Å²) in [4.78, 5) is 20.4. The second-order valence-corrected chi connectivity index (χ2v) is 6.50. The van der Waals surface area contributed by atoms with Crippen molar-refractivity contribution in [3.8, 4) is 5.88 Å². The molecule has 2 aromatic carbocycles. The summed E-state index contributed by atoms with van der Waals surface area (Å²) in [5.41, 5.74) is 1.43. The van der Waals surface area contributed by atoms with E-state index in [0.717, 1.165) is 10.9 Å². The maximum atomic E-state index is 13.0. The van der Waals surface area contributed by atoms with Gasteiger partial charge in [-0.15, -0.1) is 10.2 Å².